The average molecular weight is 407 g/mol. The Bertz CT molecular complexity index is 626. The predicted molar refractivity (Wildman–Crippen MR) is 116 cm³/mol. The molecule has 156 valence electrons. The average Bonchev–Trinajstić information content (AvgIpc) is 3.09. The van der Waals surface area contributed by atoms with Crippen LogP contribution in [0.15, 0.2) is 18.2 Å². The number of nitrogens with one attached hydrogen (secondary N) is 1. The fraction of sp³-hybridized carbons (Fsp3) is 0.682. The lowest BCUT2D eigenvalue weighted by Gasteiger charge is -2.31. The van der Waals surface area contributed by atoms with Crippen LogP contribution in [-0.2, 0) is 11.3 Å². The van der Waals surface area contributed by atoms with Gasteiger partial charge in [0.2, 0.25) is 0 Å². The Labute approximate surface area is 174 Å². The van der Waals surface area contributed by atoms with Crippen molar-refractivity contribution < 1.29 is 14.2 Å². The van der Waals surface area contributed by atoms with E-state index in [2.05, 4.69) is 10.2 Å². The Hall–Kier alpha value is -1.53. The van der Waals surface area contributed by atoms with Gasteiger partial charge in [0.05, 0.1) is 20.3 Å². The molecule has 0 amide bonds. The zero-order valence-electron chi connectivity index (χ0n) is 17.2. The molecule has 1 aromatic rings. The van der Waals surface area contributed by atoms with E-state index in [1.165, 1.54) is 38.5 Å². The summed E-state index contributed by atoms with van der Waals surface area (Å²) < 4.78 is 16.9. The number of methoxy groups -OCH3 is 2. The zero-order valence-corrected chi connectivity index (χ0v) is 18.1. The van der Waals surface area contributed by atoms with Gasteiger partial charge < -0.3 is 24.4 Å². The lowest BCUT2D eigenvalue weighted by molar-refractivity contribution is 0.0893. The molecule has 1 N–H and O–H groups in total. The van der Waals surface area contributed by atoms with E-state index in [1.807, 2.05) is 18.2 Å². The molecule has 2 aliphatic rings. The van der Waals surface area contributed by atoms with E-state index in [-0.39, 0.29) is 6.10 Å². The van der Waals surface area contributed by atoms with Crippen molar-refractivity contribution in [3.63, 3.8) is 0 Å². The molecular weight excluding hydrogens is 372 g/mol. The summed E-state index contributed by atoms with van der Waals surface area (Å²) in [5, 5.41) is 4.48. The molecule has 3 rings (SSSR count). The normalized spacial score (nSPS) is 20.4. The molecule has 0 radical (unpaired) electrons. The Morgan fingerprint density at radius 2 is 1.89 bits per heavy atom. The Balaban J connectivity index is 1.73. The lowest BCUT2D eigenvalue weighted by Crippen LogP contribution is -2.46. The summed E-state index contributed by atoms with van der Waals surface area (Å²) >= 11 is 5.86. The van der Waals surface area contributed by atoms with Gasteiger partial charge in [-0.1, -0.05) is 25.7 Å². The summed E-state index contributed by atoms with van der Waals surface area (Å²) in [4.78, 5) is 2.24. The van der Waals surface area contributed by atoms with Crippen LogP contribution < -0.4 is 14.8 Å². The van der Waals surface area contributed by atoms with Crippen molar-refractivity contribution in [2.24, 2.45) is 0 Å². The van der Waals surface area contributed by atoms with Gasteiger partial charge in [0.25, 0.3) is 0 Å². The van der Waals surface area contributed by atoms with Crippen molar-refractivity contribution in [3.05, 3.63) is 23.8 Å². The quantitative estimate of drug-likeness (QED) is 0.538. The molecule has 0 bridgehead atoms. The van der Waals surface area contributed by atoms with Crippen LogP contribution in [0.4, 0.5) is 0 Å². The molecular formula is C22H34N2O3S. The van der Waals surface area contributed by atoms with E-state index in [1.54, 1.807) is 14.2 Å². The number of rotatable bonds is 7. The first-order valence-electron chi connectivity index (χ1n) is 10.6. The number of hydrogen-bond acceptors (Lipinski definition) is 4. The van der Waals surface area contributed by atoms with Gasteiger partial charge in [-0.15, -0.1) is 0 Å². The number of benzene rings is 1. The Kier molecular flexibility index (Phi) is 8.22. The first kappa shape index (κ1) is 21.2. The summed E-state index contributed by atoms with van der Waals surface area (Å²) in [6.07, 6.45) is 10.1. The fourth-order valence-corrected chi connectivity index (χ4v) is 4.46. The minimum Gasteiger partial charge on any atom is -0.497 e. The van der Waals surface area contributed by atoms with Gasteiger partial charge in [0.15, 0.2) is 5.11 Å². The molecule has 1 saturated heterocycles. The maximum atomic E-state index is 5.90. The third-order valence-corrected chi connectivity index (χ3v) is 6.14. The third kappa shape index (κ3) is 5.98. The standard InChI is InChI=1S/C22H34N2O3S/c1-25-19-11-12-21(26-2)17(14-19)15-24(16-20-10-7-13-27-20)22(28)23-18-8-5-3-4-6-9-18/h11-12,14,18,20H,3-10,13,15-16H2,1-2H3,(H,23,28). The topological polar surface area (TPSA) is 43.0 Å². The summed E-state index contributed by atoms with van der Waals surface area (Å²) in [5.41, 5.74) is 1.07. The first-order valence-corrected chi connectivity index (χ1v) is 11.0. The van der Waals surface area contributed by atoms with Gasteiger partial charge in [-0.05, 0) is 56.1 Å². The molecule has 1 unspecified atom stereocenters. The maximum absolute atomic E-state index is 5.90. The molecule has 1 aromatic carbocycles. The highest BCUT2D eigenvalue weighted by molar-refractivity contribution is 7.80. The minimum atomic E-state index is 0.241. The smallest absolute Gasteiger partial charge is 0.169 e. The van der Waals surface area contributed by atoms with Gasteiger partial charge in [0, 0.05) is 31.3 Å². The van der Waals surface area contributed by atoms with Crippen LogP contribution in [0.5, 0.6) is 11.5 Å². The third-order valence-electron chi connectivity index (χ3n) is 5.77. The molecule has 1 saturated carbocycles. The van der Waals surface area contributed by atoms with Crippen molar-refractivity contribution in [2.75, 3.05) is 27.4 Å². The summed E-state index contributed by atoms with van der Waals surface area (Å²) in [6.45, 7) is 2.33. The van der Waals surface area contributed by atoms with Crippen molar-refractivity contribution in [2.45, 2.75) is 70.1 Å². The van der Waals surface area contributed by atoms with E-state index in [0.717, 1.165) is 48.2 Å². The van der Waals surface area contributed by atoms with E-state index < -0.39 is 0 Å². The SMILES string of the molecule is COc1ccc(OC)c(CN(CC2CCCO2)C(=S)NC2CCCCCC2)c1. The Morgan fingerprint density at radius 3 is 2.54 bits per heavy atom. The molecule has 0 aromatic heterocycles. The van der Waals surface area contributed by atoms with Crippen molar-refractivity contribution >= 4 is 17.3 Å². The molecule has 1 atom stereocenters. The van der Waals surface area contributed by atoms with Gasteiger partial charge in [0.1, 0.15) is 11.5 Å². The minimum absolute atomic E-state index is 0.241. The number of thiocarbonyl (C=S) groups is 1. The second-order valence-corrected chi connectivity index (χ2v) is 8.22. The van der Waals surface area contributed by atoms with Gasteiger partial charge in [-0.2, -0.15) is 0 Å². The maximum Gasteiger partial charge on any atom is 0.169 e. The number of ether oxygens (including phenoxy) is 3. The summed E-state index contributed by atoms with van der Waals surface area (Å²) in [7, 11) is 3.39. The van der Waals surface area contributed by atoms with E-state index in [4.69, 9.17) is 26.4 Å². The van der Waals surface area contributed by atoms with Gasteiger partial charge in [-0.25, -0.2) is 0 Å². The molecule has 1 aliphatic carbocycles. The van der Waals surface area contributed by atoms with Crippen LogP contribution in [0.2, 0.25) is 0 Å². The largest absolute Gasteiger partial charge is 0.497 e. The molecule has 28 heavy (non-hydrogen) atoms. The number of hydrogen-bond donors (Lipinski definition) is 1. The highest BCUT2D eigenvalue weighted by Gasteiger charge is 2.24. The summed E-state index contributed by atoms with van der Waals surface area (Å²) in [6, 6.07) is 6.40. The molecule has 1 aliphatic heterocycles. The van der Waals surface area contributed by atoms with Gasteiger partial charge >= 0.3 is 0 Å². The van der Waals surface area contributed by atoms with E-state index in [9.17, 15) is 0 Å². The van der Waals surface area contributed by atoms with Crippen molar-refractivity contribution in [1.82, 2.24) is 10.2 Å². The highest BCUT2D eigenvalue weighted by atomic mass is 32.1. The Morgan fingerprint density at radius 1 is 1.11 bits per heavy atom. The number of nitrogens with zero attached hydrogens (tertiary/aromatic N) is 1. The van der Waals surface area contributed by atoms with Crippen LogP contribution in [0.1, 0.15) is 56.9 Å². The van der Waals surface area contributed by atoms with Crippen LogP contribution in [0.3, 0.4) is 0 Å². The van der Waals surface area contributed by atoms with Gasteiger partial charge in [-0.3, -0.25) is 0 Å². The lowest BCUT2D eigenvalue weighted by atomic mass is 10.1. The fourth-order valence-electron chi connectivity index (χ4n) is 4.15. The van der Waals surface area contributed by atoms with E-state index >= 15 is 0 Å². The van der Waals surface area contributed by atoms with Crippen LogP contribution in [0.25, 0.3) is 0 Å². The summed E-state index contributed by atoms with van der Waals surface area (Å²) in [5.74, 6) is 1.69. The highest BCUT2D eigenvalue weighted by Crippen LogP contribution is 2.26. The monoisotopic (exact) mass is 406 g/mol. The van der Waals surface area contributed by atoms with Crippen molar-refractivity contribution in [3.8, 4) is 11.5 Å². The molecule has 5 nitrogen and oxygen atoms in total. The zero-order chi connectivity index (χ0) is 19.8. The second kappa shape index (κ2) is 10.9. The second-order valence-electron chi connectivity index (χ2n) is 7.83. The predicted octanol–water partition coefficient (Wildman–Crippen LogP) is 4.28. The van der Waals surface area contributed by atoms with Crippen LogP contribution in [-0.4, -0.2) is 49.5 Å². The van der Waals surface area contributed by atoms with Crippen LogP contribution >= 0.6 is 12.2 Å². The van der Waals surface area contributed by atoms with Crippen LogP contribution in [0, 0.1) is 0 Å². The van der Waals surface area contributed by atoms with Crippen molar-refractivity contribution in [1.29, 1.82) is 0 Å². The molecule has 6 heteroatoms. The first-order chi connectivity index (χ1) is 13.7. The molecule has 0 spiro atoms. The molecule has 2 fully saturated rings. The molecule has 1 heterocycles. The van der Waals surface area contributed by atoms with E-state index in [0.29, 0.717) is 12.6 Å².